The lowest BCUT2D eigenvalue weighted by atomic mass is 9.78. The molecule has 2 aromatic rings. The van der Waals surface area contributed by atoms with Crippen molar-refractivity contribution < 1.29 is 31.4 Å². The SMILES string of the molecule is CCOC(=O)C(OS(=O)(=O)Cc1ccccc1)c1ccc(B2OC(C)(C)C(C)(C)O2)cc1. The van der Waals surface area contributed by atoms with Gasteiger partial charge in [-0.05, 0) is 51.2 Å². The first-order valence-corrected chi connectivity index (χ1v) is 12.1. The summed E-state index contributed by atoms with van der Waals surface area (Å²) in [6, 6.07) is 15.3. The Morgan fingerprint density at radius 2 is 1.53 bits per heavy atom. The zero-order valence-corrected chi connectivity index (χ0v) is 19.8. The first-order chi connectivity index (χ1) is 14.9. The van der Waals surface area contributed by atoms with Gasteiger partial charge in [0.25, 0.3) is 10.1 Å². The van der Waals surface area contributed by atoms with Crippen molar-refractivity contribution in [2.24, 2.45) is 0 Å². The molecule has 0 spiro atoms. The molecular weight excluding hydrogens is 431 g/mol. The van der Waals surface area contributed by atoms with E-state index in [-0.39, 0.29) is 12.4 Å². The predicted molar refractivity (Wildman–Crippen MR) is 122 cm³/mol. The van der Waals surface area contributed by atoms with Crippen LogP contribution >= 0.6 is 0 Å². The van der Waals surface area contributed by atoms with E-state index in [0.717, 1.165) is 5.46 Å². The number of esters is 1. The van der Waals surface area contributed by atoms with E-state index in [4.69, 9.17) is 18.2 Å². The minimum absolute atomic E-state index is 0.101. The van der Waals surface area contributed by atoms with Gasteiger partial charge in [-0.2, -0.15) is 8.42 Å². The van der Waals surface area contributed by atoms with Gasteiger partial charge in [-0.15, -0.1) is 0 Å². The van der Waals surface area contributed by atoms with Crippen molar-refractivity contribution in [1.82, 2.24) is 0 Å². The van der Waals surface area contributed by atoms with Gasteiger partial charge in [0.05, 0.1) is 17.8 Å². The lowest BCUT2D eigenvalue weighted by Gasteiger charge is -2.32. The molecule has 0 bridgehead atoms. The summed E-state index contributed by atoms with van der Waals surface area (Å²) in [5.41, 5.74) is 0.699. The Morgan fingerprint density at radius 1 is 0.969 bits per heavy atom. The average molecular weight is 460 g/mol. The van der Waals surface area contributed by atoms with Crippen LogP contribution in [-0.2, 0) is 38.9 Å². The number of hydrogen-bond acceptors (Lipinski definition) is 7. The van der Waals surface area contributed by atoms with E-state index in [2.05, 4.69) is 0 Å². The Bertz CT molecular complexity index is 1020. The van der Waals surface area contributed by atoms with Crippen molar-refractivity contribution in [2.75, 3.05) is 6.61 Å². The maximum atomic E-state index is 12.6. The summed E-state index contributed by atoms with van der Waals surface area (Å²) in [7, 11) is -4.62. The fourth-order valence-electron chi connectivity index (χ4n) is 3.21. The quantitative estimate of drug-likeness (QED) is 0.340. The van der Waals surface area contributed by atoms with Crippen LogP contribution in [0.4, 0.5) is 0 Å². The molecule has 9 heteroatoms. The van der Waals surface area contributed by atoms with Gasteiger partial charge in [0, 0.05) is 0 Å². The molecule has 1 saturated heterocycles. The number of rotatable bonds is 8. The van der Waals surface area contributed by atoms with Gasteiger partial charge in [-0.1, -0.05) is 54.6 Å². The fourth-order valence-corrected chi connectivity index (χ4v) is 4.37. The second kappa shape index (κ2) is 9.35. The normalized spacial score (nSPS) is 18.3. The zero-order chi connectivity index (χ0) is 23.6. The maximum Gasteiger partial charge on any atom is 0.494 e. The Labute approximate surface area is 190 Å². The van der Waals surface area contributed by atoms with Crippen LogP contribution in [0.15, 0.2) is 54.6 Å². The molecule has 0 saturated carbocycles. The molecule has 32 heavy (non-hydrogen) atoms. The van der Waals surface area contributed by atoms with Crippen LogP contribution in [0.3, 0.4) is 0 Å². The molecule has 172 valence electrons. The Kier molecular flexibility index (Phi) is 7.14. The van der Waals surface area contributed by atoms with Crippen molar-refractivity contribution in [3.8, 4) is 0 Å². The summed E-state index contributed by atoms with van der Waals surface area (Å²) in [6.45, 7) is 9.60. The molecule has 7 nitrogen and oxygen atoms in total. The zero-order valence-electron chi connectivity index (χ0n) is 19.0. The van der Waals surface area contributed by atoms with E-state index in [0.29, 0.717) is 11.1 Å². The molecule has 0 amide bonds. The van der Waals surface area contributed by atoms with Crippen LogP contribution in [0, 0.1) is 0 Å². The summed E-state index contributed by atoms with van der Waals surface area (Å²) in [6.07, 6.45) is -1.41. The van der Waals surface area contributed by atoms with Gasteiger partial charge >= 0.3 is 13.1 Å². The van der Waals surface area contributed by atoms with Gasteiger partial charge in [-0.3, -0.25) is 0 Å². The minimum atomic E-state index is -4.05. The van der Waals surface area contributed by atoms with Crippen LogP contribution < -0.4 is 5.46 Å². The third kappa shape index (κ3) is 5.59. The van der Waals surface area contributed by atoms with Crippen LogP contribution in [0.1, 0.15) is 51.8 Å². The largest absolute Gasteiger partial charge is 0.494 e. The molecule has 1 atom stereocenters. The third-order valence-electron chi connectivity index (χ3n) is 5.69. The van der Waals surface area contributed by atoms with Crippen LogP contribution in [-0.4, -0.2) is 39.3 Å². The molecule has 0 aromatic heterocycles. The predicted octanol–water partition coefficient (Wildman–Crippen LogP) is 3.14. The van der Waals surface area contributed by atoms with E-state index in [1.165, 1.54) is 0 Å². The molecule has 1 aliphatic rings. The van der Waals surface area contributed by atoms with Crippen molar-refractivity contribution in [3.05, 3.63) is 65.7 Å². The summed E-state index contributed by atoms with van der Waals surface area (Å²) in [5.74, 6) is -1.12. The van der Waals surface area contributed by atoms with E-state index < -0.39 is 40.5 Å². The van der Waals surface area contributed by atoms with E-state index >= 15 is 0 Å². The van der Waals surface area contributed by atoms with Gasteiger partial charge in [-0.25, -0.2) is 8.98 Å². The van der Waals surface area contributed by atoms with E-state index in [9.17, 15) is 13.2 Å². The fraction of sp³-hybridized carbons (Fsp3) is 0.435. The molecule has 2 aromatic carbocycles. The van der Waals surface area contributed by atoms with Crippen LogP contribution in [0.2, 0.25) is 0 Å². The van der Waals surface area contributed by atoms with Crippen molar-refractivity contribution >= 4 is 28.7 Å². The van der Waals surface area contributed by atoms with Gasteiger partial charge in [0.15, 0.2) is 6.10 Å². The molecular formula is C23H29BO7S. The Hall–Kier alpha value is -2.20. The molecule has 0 N–H and O–H groups in total. The third-order valence-corrected chi connectivity index (χ3v) is 6.87. The second-order valence-corrected chi connectivity index (χ2v) is 10.3. The number of hydrogen-bond donors (Lipinski definition) is 0. The Balaban J connectivity index is 1.81. The summed E-state index contributed by atoms with van der Waals surface area (Å²) < 4.78 is 47.7. The molecule has 1 unspecified atom stereocenters. The highest BCUT2D eigenvalue weighted by Gasteiger charge is 2.51. The maximum absolute atomic E-state index is 12.6. The van der Waals surface area contributed by atoms with Gasteiger partial charge in [0.2, 0.25) is 0 Å². The molecule has 1 heterocycles. The van der Waals surface area contributed by atoms with Crippen molar-refractivity contribution in [3.63, 3.8) is 0 Å². The number of benzene rings is 2. The first-order valence-electron chi connectivity index (χ1n) is 10.5. The monoisotopic (exact) mass is 460 g/mol. The first kappa shape index (κ1) is 24.4. The molecule has 0 radical (unpaired) electrons. The van der Waals surface area contributed by atoms with Gasteiger partial charge < -0.3 is 14.0 Å². The van der Waals surface area contributed by atoms with Crippen LogP contribution in [0.25, 0.3) is 0 Å². The number of carbonyl (C=O) groups is 1. The standard InChI is InChI=1S/C23H29BO7S/c1-6-28-21(25)20(29-32(26,27)16-17-10-8-7-9-11-17)18-12-14-19(15-13-18)24-30-22(2,3)23(4,5)31-24/h7-15,20H,6,16H2,1-5H3. The summed E-state index contributed by atoms with van der Waals surface area (Å²) in [4.78, 5) is 12.5. The van der Waals surface area contributed by atoms with E-state index in [1.807, 2.05) is 27.7 Å². The van der Waals surface area contributed by atoms with Crippen molar-refractivity contribution in [2.45, 2.75) is 57.7 Å². The molecule has 0 aliphatic carbocycles. The highest BCUT2D eigenvalue weighted by atomic mass is 32.2. The summed E-state index contributed by atoms with van der Waals surface area (Å²) >= 11 is 0. The van der Waals surface area contributed by atoms with Crippen LogP contribution in [0.5, 0.6) is 0 Å². The second-order valence-electron chi connectivity index (χ2n) is 8.67. The molecule has 1 fully saturated rings. The van der Waals surface area contributed by atoms with Gasteiger partial charge in [0.1, 0.15) is 5.75 Å². The number of ether oxygens (including phenoxy) is 1. The smallest absolute Gasteiger partial charge is 0.464 e. The summed E-state index contributed by atoms with van der Waals surface area (Å²) in [5, 5.41) is 0. The van der Waals surface area contributed by atoms with Crippen molar-refractivity contribution in [1.29, 1.82) is 0 Å². The van der Waals surface area contributed by atoms with E-state index in [1.54, 1.807) is 61.5 Å². The lowest BCUT2D eigenvalue weighted by molar-refractivity contribution is -0.151. The molecule has 3 rings (SSSR count). The number of carbonyl (C=O) groups excluding carboxylic acids is 1. The average Bonchev–Trinajstić information content (AvgIpc) is 2.94. The molecule has 1 aliphatic heterocycles. The minimum Gasteiger partial charge on any atom is -0.464 e. The highest BCUT2D eigenvalue weighted by molar-refractivity contribution is 7.85. The lowest BCUT2D eigenvalue weighted by Crippen LogP contribution is -2.41. The Morgan fingerprint density at radius 3 is 2.06 bits per heavy atom. The topological polar surface area (TPSA) is 88.1 Å². The highest BCUT2D eigenvalue weighted by Crippen LogP contribution is 2.36.